The normalized spacial score (nSPS) is 20.2. The van der Waals surface area contributed by atoms with Gasteiger partial charge >= 0.3 is 6.18 Å². The number of para-hydroxylation sites is 1. The van der Waals surface area contributed by atoms with Crippen molar-refractivity contribution in [3.05, 3.63) is 53.5 Å². The van der Waals surface area contributed by atoms with Crippen molar-refractivity contribution in [2.24, 2.45) is 0 Å². The van der Waals surface area contributed by atoms with Crippen LogP contribution >= 0.6 is 0 Å². The van der Waals surface area contributed by atoms with Crippen LogP contribution in [-0.2, 0) is 11.0 Å². The van der Waals surface area contributed by atoms with E-state index in [1.165, 1.54) is 12.1 Å². The maximum Gasteiger partial charge on any atom is 0.419 e. The standard InChI is InChI=1S/C20H23F3N4O2/c21-20(22,23)15-3-1-2-4-17(15)29-14-9-11-27(12-10-14)18-8-7-16(25-26-18)19(28)24-13-5-6-13/h1-4,7-8,13-14,25-26H,5-6,9-12H2,(H,24,28). The highest BCUT2D eigenvalue weighted by atomic mass is 19.4. The van der Waals surface area contributed by atoms with Crippen LogP contribution in [0.5, 0.6) is 5.75 Å². The molecule has 2 heterocycles. The Morgan fingerprint density at radius 3 is 2.41 bits per heavy atom. The van der Waals surface area contributed by atoms with Crippen LogP contribution in [0, 0.1) is 0 Å². The molecule has 0 atom stereocenters. The van der Waals surface area contributed by atoms with Crippen LogP contribution in [0.25, 0.3) is 0 Å². The number of likely N-dealkylation sites (tertiary alicyclic amines) is 1. The van der Waals surface area contributed by atoms with Crippen molar-refractivity contribution in [2.45, 2.75) is 44.0 Å². The number of carbonyl (C=O) groups excluding carboxylic acids is 1. The molecule has 6 nitrogen and oxygen atoms in total. The number of nitrogens with zero attached hydrogens (tertiary/aromatic N) is 1. The van der Waals surface area contributed by atoms with E-state index in [1.807, 2.05) is 6.08 Å². The molecule has 156 valence electrons. The van der Waals surface area contributed by atoms with Gasteiger partial charge in [-0.15, -0.1) is 0 Å². The SMILES string of the molecule is O=C(NC1CC1)C1=CC=C(N2CCC(Oc3ccccc3C(F)(F)F)CC2)NN1. The number of carbonyl (C=O) groups is 1. The zero-order valence-corrected chi connectivity index (χ0v) is 15.8. The molecule has 0 spiro atoms. The topological polar surface area (TPSA) is 65.6 Å². The molecule has 0 bridgehead atoms. The van der Waals surface area contributed by atoms with E-state index in [9.17, 15) is 18.0 Å². The Labute approximate surface area is 166 Å². The highest BCUT2D eigenvalue weighted by Gasteiger charge is 2.35. The lowest BCUT2D eigenvalue weighted by Crippen LogP contribution is -2.48. The molecule has 3 aliphatic rings. The number of piperidine rings is 1. The highest BCUT2D eigenvalue weighted by Crippen LogP contribution is 2.37. The fourth-order valence-corrected chi connectivity index (χ4v) is 3.38. The molecule has 0 unspecified atom stereocenters. The molecule has 0 radical (unpaired) electrons. The van der Waals surface area contributed by atoms with Crippen molar-refractivity contribution < 1.29 is 22.7 Å². The van der Waals surface area contributed by atoms with Crippen molar-refractivity contribution in [3.63, 3.8) is 0 Å². The molecular weight excluding hydrogens is 385 g/mol. The van der Waals surface area contributed by atoms with Crippen LogP contribution < -0.4 is 20.9 Å². The van der Waals surface area contributed by atoms with Gasteiger partial charge in [0.25, 0.3) is 5.91 Å². The maximum absolute atomic E-state index is 13.1. The number of hydrazine groups is 1. The van der Waals surface area contributed by atoms with Crippen LogP contribution in [0.3, 0.4) is 0 Å². The Balaban J connectivity index is 1.32. The van der Waals surface area contributed by atoms with E-state index in [-0.39, 0.29) is 23.8 Å². The van der Waals surface area contributed by atoms with Gasteiger partial charge in [0.15, 0.2) is 0 Å². The second-order valence-corrected chi connectivity index (χ2v) is 7.43. The maximum atomic E-state index is 13.1. The number of rotatable bonds is 5. The van der Waals surface area contributed by atoms with Gasteiger partial charge < -0.3 is 15.0 Å². The molecule has 0 aromatic heterocycles. The largest absolute Gasteiger partial charge is 0.490 e. The van der Waals surface area contributed by atoms with Gasteiger partial charge in [-0.05, 0) is 37.1 Å². The summed E-state index contributed by atoms with van der Waals surface area (Å²) in [5.41, 5.74) is 5.65. The van der Waals surface area contributed by atoms with Crippen molar-refractivity contribution in [3.8, 4) is 5.75 Å². The lowest BCUT2D eigenvalue weighted by Gasteiger charge is -2.36. The summed E-state index contributed by atoms with van der Waals surface area (Å²) in [6, 6.07) is 5.60. The summed E-state index contributed by atoms with van der Waals surface area (Å²) in [4.78, 5) is 14.1. The Hall–Kier alpha value is -2.84. The van der Waals surface area contributed by atoms with E-state index in [1.54, 1.807) is 12.1 Å². The lowest BCUT2D eigenvalue weighted by atomic mass is 10.1. The second kappa shape index (κ2) is 7.88. The van der Waals surface area contributed by atoms with E-state index in [4.69, 9.17) is 4.74 Å². The summed E-state index contributed by atoms with van der Waals surface area (Å²) in [5.74, 6) is 0.567. The monoisotopic (exact) mass is 408 g/mol. The van der Waals surface area contributed by atoms with Gasteiger partial charge in [0.05, 0.1) is 5.56 Å². The van der Waals surface area contributed by atoms with Crippen molar-refractivity contribution in [1.82, 2.24) is 21.1 Å². The Morgan fingerprint density at radius 2 is 1.79 bits per heavy atom. The molecule has 4 rings (SSSR count). The number of amides is 1. The minimum absolute atomic E-state index is 0.121. The smallest absolute Gasteiger partial charge is 0.419 e. The third-order valence-electron chi connectivity index (χ3n) is 5.16. The molecule has 2 aliphatic heterocycles. The molecule has 1 saturated carbocycles. The average Bonchev–Trinajstić information content (AvgIpc) is 3.52. The number of allylic oxidation sites excluding steroid dienone is 2. The fraction of sp³-hybridized carbons (Fsp3) is 0.450. The number of hydrogen-bond acceptors (Lipinski definition) is 5. The van der Waals surface area contributed by atoms with Gasteiger partial charge in [-0.3, -0.25) is 15.6 Å². The molecule has 1 aromatic rings. The molecule has 1 aromatic carbocycles. The minimum atomic E-state index is -4.43. The number of ether oxygens (including phenoxy) is 1. The summed E-state index contributed by atoms with van der Waals surface area (Å²) in [5, 5.41) is 2.91. The number of hydrogen-bond donors (Lipinski definition) is 3. The van der Waals surface area contributed by atoms with Crippen LogP contribution in [-0.4, -0.2) is 36.0 Å². The molecule has 2 fully saturated rings. The molecule has 9 heteroatoms. The second-order valence-electron chi connectivity index (χ2n) is 7.43. The lowest BCUT2D eigenvalue weighted by molar-refractivity contribution is -0.139. The van der Waals surface area contributed by atoms with Crippen molar-refractivity contribution in [1.29, 1.82) is 0 Å². The molecule has 3 N–H and O–H groups in total. The van der Waals surface area contributed by atoms with Crippen LogP contribution in [0.2, 0.25) is 0 Å². The molecule has 1 aliphatic carbocycles. The van der Waals surface area contributed by atoms with Gasteiger partial charge in [0, 0.05) is 32.0 Å². The van der Waals surface area contributed by atoms with Crippen molar-refractivity contribution in [2.75, 3.05) is 13.1 Å². The third-order valence-corrected chi connectivity index (χ3v) is 5.16. The first-order chi connectivity index (χ1) is 13.9. The zero-order chi connectivity index (χ0) is 20.4. The van der Waals surface area contributed by atoms with Gasteiger partial charge in [-0.1, -0.05) is 12.1 Å². The molecule has 1 saturated heterocycles. The quantitative estimate of drug-likeness (QED) is 0.699. The number of alkyl halides is 3. The summed E-state index contributed by atoms with van der Waals surface area (Å²) in [7, 11) is 0. The predicted octanol–water partition coefficient (Wildman–Crippen LogP) is 2.66. The summed E-state index contributed by atoms with van der Waals surface area (Å²) < 4.78 is 45.0. The Bertz CT molecular complexity index is 825. The first-order valence-electron chi connectivity index (χ1n) is 9.73. The van der Waals surface area contributed by atoms with E-state index >= 15 is 0 Å². The van der Waals surface area contributed by atoms with Gasteiger partial charge in [-0.25, -0.2) is 0 Å². The summed E-state index contributed by atoms with van der Waals surface area (Å²) in [6.45, 7) is 1.27. The molecule has 29 heavy (non-hydrogen) atoms. The van der Waals surface area contributed by atoms with Gasteiger partial charge in [0.2, 0.25) is 0 Å². The van der Waals surface area contributed by atoms with E-state index in [2.05, 4.69) is 21.1 Å². The fourth-order valence-electron chi connectivity index (χ4n) is 3.38. The van der Waals surface area contributed by atoms with Crippen LogP contribution in [0.15, 0.2) is 47.9 Å². The number of nitrogens with one attached hydrogen (secondary N) is 3. The van der Waals surface area contributed by atoms with E-state index in [0.717, 1.165) is 24.7 Å². The average molecular weight is 408 g/mol. The van der Waals surface area contributed by atoms with Crippen LogP contribution in [0.4, 0.5) is 13.2 Å². The van der Waals surface area contributed by atoms with Crippen LogP contribution in [0.1, 0.15) is 31.2 Å². The Morgan fingerprint density at radius 1 is 1.07 bits per heavy atom. The number of halogens is 3. The highest BCUT2D eigenvalue weighted by molar-refractivity contribution is 5.93. The van der Waals surface area contributed by atoms with E-state index in [0.29, 0.717) is 31.6 Å². The van der Waals surface area contributed by atoms with E-state index < -0.39 is 11.7 Å². The molecule has 1 amide bonds. The third kappa shape index (κ3) is 4.78. The Kier molecular flexibility index (Phi) is 5.29. The minimum Gasteiger partial charge on any atom is -0.490 e. The first kappa shape index (κ1) is 19.5. The van der Waals surface area contributed by atoms with Gasteiger partial charge in [0.1, 0.15) is 23.4 Å². The predicted molar refractivity (Wildman–Crippen MR) is 100 cm³/mol. The molecular formula is C20H23F3N4O2. The summed E-state index contributed by atoms with van der Waals surface area (Å²) >= 11 is 0. The number of benzene rings is 1. The van der Waals surface area contributed by atoms with Gasteiger partial charge in [-0.2, -0.15) is 13.2 Å². The van der Waals surface area contributed by atoms with Crippen molar-refractivity contribution >= 4 is 5.91 Å². The zero-order valence-electron chi connectivity index (χ0n) is 15.8. The first-order valence-corrected chi connectivity index (χ1v) is 9.73. The summed E-state index contributed by atoms with van der Waals surface area (Å²) in [6.07, 6.45) is 2.10.